The van der Waals surface area contributed by atoms with Crippen molar-refractivity contribution in [2.45, 2.75) is 11.3 Å². The molecule has 0 saturated heterocycles. The van der Waals surface area contributed by atoms with Gasteiger partial charge in [0.2, 0.25) is 0 Å². The standard InChI is InChI=1S/C18H21NO5S/c1-23-15-8-7-13(17(12-15)24-2)9-10-19-18(20)14-5-4-6-16(11-14)25(3,21)22/h4-8,11-12H,9-10H2,1-3H3,(H,19,20). The maximum absolute atomic E-state index is 12.2. The average molecular weight is 363 g/mol. The van der Waals surface area contributed by atoms with Crippen LogP contribution in [0.1, 0.15) is 15.9 Å². The van der Waals surface area contributed by atoms with Gasteiger partial charge in [-0.1, -0.05) is 12.1 Å². The van der Waals surface area contributed by atoms with Crippen molar-refractivity contribution in [3.05, 3.63) is 53.6 Å². The molecule has 25 heavy (non-hydrogen) atoms. The summed E-state index contributed by atoms with van der Waals surface area (Å²) in [7, 11) is -0.187. The van der Waals surface area contributed by atoms with Gasteiger partial charge < -0.3 is 14.8 Å². The Morgan fingerprint density at radius 2 is 1.84 bits per heavy atom. The van der Waals surface area contributed by atoms with Gasteiger partial charge in [-0.15, -0.1) is 0 Å². The topological polar surface area (TPSA) is 81.7 Å². The van der Waals surface area contributed by atoms with E-state index in [0.717, 1.165) is 11.8 Å². The Labute approximate surface area is 147 Å². The van der Waals surface area contributed by atoms with Crippen LogP contribution in [0.3, 0.4) is 0 Å². The van der Waals surface area contributed by atoms with E-state index in [-0.39, 0.29) is 10.8 Å². The van der Waals surface area contributed by atoms with Crippen molar-refractivity contribution in [2.75, 3.05) is 27.0 Å². The van der Waals surface area contributed by atoms with Crippen LogP contribution in [-0.4, -0.2) is 41.3 Å². The Balaban J connectivity index is 2.02. The molecule has 0 atom stereocenters. The fraction of sp³-hybridized carbons (Fsp3) is 0.278. The number of nitrogens with one attached hydrogen (secondary N) is 1. The zero-order valence-electron chi connectivity index (χ0n) is 14.4. The third-order valence-corrected chi connectivity index (χ3v) is 4.81. The van der Waals surface area contributed by atoms with Crippen LogP contribution in [0.2, 0.25) is 0 Å². The molecule has 0 bridgehead atoms. The number of hydrogen-bond acceptors (Lipinski definition) is 5. The molecule has 2 rings (SSSR count). The summed E-state index contributed by atoms with van der Waals surface area (Å²) in [5.41, 5.74) is 1.25. The lowest BCUT2D eigenvalue weighted by Gasteiger charge is -2.11. The SMILES string of the molecule is COc1ccc(CCNC(=O)c2cccc(S(C)(=O)=O)c2)c(OC)c1. The molecule has 1 amide bonds. The third-order valence-electron chi connectivity index (χ3n) is 3.70. The first-order chi connectivity index (χ1) is 11.8. The zero-order chi connectivity index (χ0) is 18.4. The second-order valence-corrected chi connectivity index (χ2v) is 7.50. The lowest BCUT2D eigenvalue weighted by Crippen LogP contribution is -2.26. The summed E-state index contributed by atoms with van der Waals surface area (Å²) in [5.74, 6) is 1.06. The maximum Gasteiger partial charge on any atom is 0.251 e. The van der Waals surface area contributed by atoms with E-state index < -0.39 is 9.84 Å². The normalized spacial score (nSPS) is 11.0. The largest absolute Gasteiger partial charge is 0.497 e. The van der Waals surface area contributed by atoms with Gasteiger partial charge in [-0.2, -0.15) is 0 Å². The molecule has 1 N–H and O–H groups in total. The van der Waals surface area contributed by atoms with Gasteiger partial charge in [0.1, 0.15) is 11.5 Å². The minimum atomic E-state index is -3.35. The van der Waals surface area contributed by atoms with E-state index in [4.69, 9.17) is 9.47 Å². The van der Waals surface area contributed by atoms with E-state index in [1.54, 1.807) is 32.4 Å². The highest BCUT2D eigenvalue weighted by atomic mass is 32.2. The second kappa shape index (κ2) is 8.02. The minimum absolute atomic E-state index is 0.122. The van der Waals surface area contributed by atoms with Gasteiger partial charge >= 0.3 is 0 Å². The molecule has 0 fully saturated rings. The van der Waals surface area contributed by atoms with Gasteiger partial charge in [-0.05, 0) is 36.2 Å². The van der Waals surface area contributed by atoms with Gasteiger partial charge in [0, 0.05) is 24.4 Å². The molecule has 0 saturated carbocycles. The quantitative estimate of drug-likeness (QED) is 0.814. The van der Waals surface area contributed by atoms with Crippen LogP contribution >= 0.6 is 0 Å². The van der Waals surface area contributed by atoms with Gasteiger partial charge in [0.15, 0.2) is 9.84 Å². The van der Waals surface area contributed by atoms with Crippen molar-refractivity contribution in [3.63, 3.8) is 0 Å². The smallest absolute Gasteiger partial charge is 0.251 e. The molecular formula is C18H21NO5S. The van der Waals surface area contributed by atoms with Crippen molar-refractivity contribution in [2.24, 2.45) is 0 Å². The van der Waals surface area contributed by atoms with Crippen LogP contribution in [0, 0.1) is 0 Å². The van der Waals surface area contributed by atoms with Crippen molar-refractivity contribution < 1.29 is 22.7 Å². The van der Waals surface area contributed by atoms with Crippen LogP contribution in [0.15, 0.2) is 47.4 Å². The molecule has 2 aromatic rings. The Bertz CT molecular complexity index is 862. The fourth-order valence-electron chi connectivity index (χ4n) is 2.34. The Hall–Kier alpha value is -2.54. The summed E-state index contributed by atoms with van der Waals surface area (Å²) < 4.78 is 33.6. The molecule has 2 aromatic carbocycles. The number of sulfone groups is 1. The molecule has 134 valence electrons. The molecule has 0 aromatic heterocycles. The van der Waals surface area contributed by atoms with Crippen LogP contribution in [0.25, 0.3) is 0 Å². The second-order valence-electron chi connectivity index (χ2n) is 5.48. The van der Waals surface area contributed by atoms with Crippen LogP contribution in [0.4, 0.5) is 0 Å². The predicted molar refractivity (Wildman–Crippen MR) is 95.1 cm³/mol. The van der Waals surface area contributed by atoms with Crippen molar-refractivity contribution >= 4 is 15.7 Å². The molecule has 6 nitrogen and oxygen atoms in total. The highest BCUT2D eigenvalue weighted by Gasteiger charge is 2.12. The first-order valence-corrected chi connectivity index (χ1v) is 9.53. The number of carbonyl (C=O) groups excluding carboxylic acids is 1. The molecule has 0 aliphatic carbocycles. The highest BCUT2D eigenvalue weighted by Crippen LogP contribution is 2.24. The van der Waals surface area contributed by atoms with Crippen molar-refractivity contribution in [3.8, 4) is 11.5 Å². The number of amides is 1. The fourth-order valence-corrected chi connectivity index (χ4v) is 3.01. The lowest BCUT2D eigenvalue weighted by atomic mass is 10.1. The van der Waals surface area contributed by atoms with Crippen LogP contribution < -0.4 is 14.8 Å². The van der Waals surface area contributed by atoms with E-state index in [0.29, 0.717) is 30.0 Å². The van der Waals surface area contributed by atoms with Gasteiger partial charge in [-0.25, -0.2) is 8.42 Å². The first-order valence-electron chi connectivity index (χ1n) is 7.64. The molecule has 7 heteroatoms. The van der Waals surface area contributed by atoms with Crippen LogP contribution in [0.5, 0.6) is 11.5 Å². The van der Waals surface area contributed by atoms with Crippen molar-refractivity contribution in [1.82, 2.24) is 5.32 Å². The van der Waals surface area contributed by atoms with E-state index in [9.17, 15) is 13.2 Å². The molecule has 0 radical (unpaired) electrons. The van der Waals surface area contributed by atoms with Gasteiger partial charge in [0.25, 0.3) is 5.91 Å². The first kappa shape index (κ1) is 18.8. The lowest BCUT2D eigenvalue weighted by molar-refractivity contribution is 0.0954. The number of rotatable bonds is 7. The monoisotopic (exact) mass is 363 g/mol. The molecule has 0 heterocycles. The Morgan fingerprint density at radius 1 is 1.08 bits per heavy atom. The van der Waals surface area contributed by atoms with Crippen molar-refractivity contribution in [1.29, 1.82) is 0 Å². The van der Waals surface area contributed by atoms with Gasteiger partial charge in [0.05, 0.1) is 19.1 Å². The molecule has 0 spiro atoms. The summed E-state index contributed by atoms with van der Waals surface area (Å²) >= 11 is 0. The zero-order valence-corrected chi connectivity index (χ0v) is 15.2. The summed E-state index contributed by atoms with van der Waals surface area (Å²) in [6.45, 7) is 0.393. The Morgan fingerprint density at radius 3 is 2.48 bits per heavy atom. The van der Waals surface area contributed by atoms with E-state index in [1.807, 2.05) is 12.1 Å². The van der Waals surface area contributed by atoms with Crippen LogP contribution in [-0.2, 0) is 16.3 Å². The molecule has 0 aliphatic heterocycles. The number of benzene rings is 2. The summed E-state index contributed by atoms with van der Waals surface area (Å²) in [5, 5.41) is 2.79. The maximum atomic E-state index is 12.2. The van der Waals surface area contributed by atoms with Gasteiger partial charge in [-0.3, -0.25) is 4.79 Å². The number of hydrogen-bond donors (Lipinski definition) is 1. The highest BCUT2D eigenvalue weighted by molar-refractivity contribution is 7.90. The average Bonchev–Trinajstić information content (AvgIpc) is 2.61. The third kappa shape index (κ3) is 4.96. The number of methoxy groups -OCH3 is 2. The summed E-state index contributed by atoms with van der Waals surface area (Å²) in [4.78, 5) is 12.3. The minimum Gasteiger partial charge on any atom is -0.497 e. The Kier molecular flexibility index (Phi) is 6.03. The molecule has 0 aliphatic rings. The molecule has 0 unspecified atom stereocenters. The molecular weight excluding hydrogens is 342 g/mol. The number of carbonyl (C=O) groups is 1. The predicted octanol–water partition coefficient (Wildman–Crippen LogP) is 2.08. The van der Waals surface area contributed by atoms with E-state index in [2.05, 4.69) is 5.32 Å². The van der Waals surface area contributed by atoms with E-state index >= 15 is 0 Å². The number of ether oxygens (including phenoxy) is 2. The van der Waals surface area contributed by atoms with E-state index in [1.165, 1.54) is 12.1 Å². The summed E-state index contributed by atoms with van der Waals surface area (Å²) in [6.07, 6.45) is 1.69. The summed E-state index contributed by atoms with van der Waals surface area (Å²) in [6, 6.07) is 11.5.